The molecule has 37 heavy (non-hydrogen) atoms. The number of esters is 1. The quantitative estimate of drug-likeness (QED) is 0.333. The zero-order chi connectivity index (χ0) is 26.6. The molecule has 0 aromatic heterocycles. The molecule has 1 saturated carbocycles. The Labute approximate surface area is 225 Å². The fourth-order valence-electron chi connectivity index (χ4n) is 5.04. The highest BCUT2D eigenvalue weighted by molar-refractivity contribution is 7.98. The van der Waals surface area contributed by atoms with E-state index >= 15 is 0 Å². The van der Waals surface area contributed by atoms with Crippen LogP contribution >= 0.6 is 11.8 Å². The van der Waals surface area contributed by atoms with Gasteiger partial charge in [-0.05, 0) is 72.1 Å². The van der Waals surface area contributed by atoms with Crippen molar-refractivity contribution in [3.63, 3.8) is 0 Å². The summed E-state index contributed by atoms with van der Waals surface area (Å²) < 4.78 is 11.1. The first-order valence-corrected chi connectivity index (χ1v) is 14.6. The Kier molecular flexibility index (Phi) is 12.0. The Morgan fingerprint density at radius 1 is 1.11 bits per heavy atom. The summed E-state index contributed by atoms with van der Waals surface area (Å²) in [6.45, 7) is 2.38. The molecule has 2 atom stereocenters. The van der Waals surface area contributed by atoms with Gasteiger partial charge < -0.3 is 19.9 Å². The summed E-state index contributed by atoms with van der Waals surface area (Å²) in [5, 5.41) is 12.8. The maximum absolute atomic E-state index is 13.4. The van der Waals surface area contributed by atoms with Crippen molar-refractivity contribution in [2.75, 3.05) is 25.7 Å². The molecule has 2 unspecified atom stereocenters. The molecule has 2 aromatic rings. The number of benzene rings is 2. The van der Waals surface area contributed by atoms with Gasteiger partial charge in [0, 0.05) is 5.56 Å². The van der Waals surface area contributed by atoms with Gasteiger partial charge in [-0.15, -0.1) is 0 Å². The number of aliphatic hydroxyl groups excluding tert-OH is 1. The minimum Gasteiger partial charge on any atom is -0.467 e. The number of carbonyl (C=O) groups is 2. The second-order valence-corrected chi connectivity index (χ2v) is 10.9. The summed E-state index contributed by atoms with van der Waals surface area (Å²) >= 11 is 1.61. The van der Waals surface area contributed by atoms with Gasteiger partial charge in [-0.2, -0.15) is 11.8 Å². The van der Waals surface area contributed by atoms with Gasteiger partial charge in [-0.3, -0.25) is 4.79 Å². The zero-order valence-corrected chi connectivity index (χ0v) is 23.1. The molecule has 1 amide bonds. The van der Waals surface area contributed by atoms with Gasteiger partial charge in [-0.25, -0.2) is 4.79 Å². The van der Waals surface area contributed by atoms with Crippen molar-refractivity contribution in [3.8, 4) is 11.1 Å². The smallest absolute Gasteiger partial charge is 0.328 e. The molecular weight excluding hydrogens is 486 g/mol. The Morgan fingerprint density at radius 2 is 1.86 bits per heavy atom. The Bertz CT molecular complexity index is 1020. The molecule has 6 nitrogen and oxygen atoms in total. The average molecular weight is 528 g/mol. The first-order chi connectivity index (χ1) is 18.0. The van der Waals surface area contributed by atoms with Crippen LogP contribution in [-0.2, 0) is 20.9 Å². The van der Waals surface area contributed by atoms with Crippen LogP contribution in [0.3, 0.4) is 0 Å². The van der Waals surface area contributed by atoms with E-state index in [1.54, 1.807) is 17.8 Å². The second kappa shape index (κ2) is 15.2. The fourth-order valence-corrected chi connectivity index (χ4v) is 5.52. The van der Waals surface area contributed by atoms with E-state index in [1.165, 1.54) is 39.2 Å². The molecule has 1 fully saturated rings. The lowest BCUT2D eigenvalue weighted by Crippen LogP contribution is -2.42. The van der Waals surface area contributed by atoms with E-state index < -0.39 is 12.0 Å². The van der Waals surface area contributed by atoms with Crippen molar-refractivity contribution in [1.82, 2.24) is 5.32 Å². The van der Waals surface area contributed by atoms with Crippen molar-refractivity contribution < 1.29 is 24.2 Å². The molecule has 0 spiro atoms. The number of amides is 1. The summed E-state index contributed by atoms with van der Waals surface area (Å²) in [5.41, 5.74) is 4.22. The lowest BCUT2D eigenvalue weighted by molar-refractivity contribution is -0.142. The number of nitrogens with one attached hydrogen (secondary N) is 1. The van der Waals surface area contributed by atoms with Crippen molar-refractivity contribution >= 4 is 23.6 Å². The minimum absolute atomic E-state index is 0.00655. The molecule has 0 aliphatic heterocycles. The molecule has 0 radical (unpaired) electrons. The van der Waals surface area contributed by atoms with Crippen molar-refractivity contribution in [2.45, 2.75) is 70.6 Å². The maximum Gasteiger partial charge on any atom is 0.328 e. The fraction of sp³-hybridized carbons (Fsp3) is 0.533. The first-order valence-electron chi connectivity index (χ1n) is 13.3. The van der Waals surface area contributed by atoms with Crippen molar-refractivity contribution in [3.05, 3.63) is 59.2 Å². The monoisotopic (exact) mass is 527 g/mol. The van der Waals surface area contributed by atoms with Gasteiger partial charge in [0.2, 0.25) is 0 Å². The molecular formula is C30H41NO5S. The third-order valence-electron chi connectivity index (χ3n) is 7.18. The summed E-state index contributed by atoms with van der Waals surface area (Å²) in [7, 11) is 1.34. The van der Waals surface area contributed by atoms with Crippen LogP contribution in [0.15, 0.2) is 42.5 Å². The first kappa shape index (κ1) is 29.2. The molecule has 7 heteroatoms. The molecule has 1 aliphatic rings. The standard InChI is InChI=1S/C30H41NO5S/c1-21-9-7-8-12-25(21)27-18-23(20-36-24(19-32)17-22-10-5-4-6-11-22)13-14-26(27)29(33)31-28(15-16-37-3)30(34)35-2/h7-9,12-14,18,22,24,28,32H,4-6,10-11,15-17,19-20H2,1-3H3,(H,31,33). The maximum atomic E-state index is 13.4. The van der Waals surface area contributed by atoms with Crippen LogP contribution < -0.4 is 5.32 Å². The summed E-state index contributed by atoms with van der Waals surface area (Å²) in [6, 6.07) is 12.9. The number of aryl methyl sites for hydroxylation is 1. The lowest BCUT2D eigenvalue weighted by Gasteiger charge is -2.26. The van der Waals surface area contributed by atoms with Gasteiger partial charge in [0.25, 0.3) is 5.91 Å². The Hall–Kier alpha value is -2.35. The van der Waals surface area contributed by atoms with Gasteiger partial charge in [0.15, 0.2) is 0 Å². The summed E-state index contributed by atoms with van der Waals surface area (Å²) in [5.74, 6) is 0.590. The van der Waals surface area contributed by atoms with Gasteiger partial charge >= 0.3 is 5.97 Å². The normalized spacial score (nSPS) is 15.7. The lowest BCUT2D eigenvalue weighted by atomic mass is 9.85. The number of rotatable bonds is 13. The number of hydrogen-bond acceptors (Lipinski definition) is 6. The van der Waals surface area contributed by atoms with Crippen molar-refractivity contribution in [2.24, 2.45) is 5.92 Å². The molecule has 202 valence electrons. The van der Waals surface area contributed by atoms with Crippen LogP contribution in [0.2, 0.25) is 0 Å². The Balaban J connectivity index is 1.81. The average Bonchev–Trinajstić information content (AvgIpc) is 2.93. The molecule has 2 aromatic carbocycles. The number of thioether (sulfide) groups is 1. The molecule has 0 saturated heterocycles. The molecule has 3 rings (SSSR count). The molecule has 0 heterocycles. The van der Waals surface area contributed by atoms with Gasteiger partial charge in [-0.1, -0.05) is 62.4 Å². The van der Waals surface area contributed by atoms with E-state index in [4.69, 9.17) is 9.47 Å². The summed E-state index contributed by atoms with van der Waals surface area (Å²) in [6.07, 6.45) is 9.41. The van der Waals surface area contributed by atoms with Crippen molar-refractivity contribution in [1.29, 1.82) is 0 Å². The minimum atomic E-state index is -0.706. The Morgan fingerprint density at radius 3 is 2.54 bits per heavy atom. The highest BCUT2D eigenvalue weighted by Crippen LogP contribution is 2.30. The van der Waals surface area contributed by atoms with Crippen LogP contribution in [0.1, 0.15) is 66.4 Å². The second-order valence-electron chi connectivity index (χ2n) is 9.88. The van der Waals surface area contributed by atoms with Crippen LogP contribution in [0.4, 0.5) is 0 Å². The highest BCUT2D eigenvalue weighted by atomic mass is 32.2. The van der Waals surface area contributed by atoms with E-state index in [9.17, 15) is 14.7 Å². The SMILES string of the molecule is COC(=O)C(CCSC)NC(=O)c1ccc(COC(CO)CC2CCCCC2)cc1-c1ccccc1C. The van der Waals surface area contributed by atoms with E-state index in [2.05, 4.69) is 5.32 Å². The van der Waals surface area contributed by atoms with Crippen LogP contribution in [-0.4, -0.2) is 54.9 Å². The topological polar surface area (TPSA) is 84.9 Å². The van der Waals surface area contributed by atoms with E-state index in [-0.39, 0.29) is 18.6 Å². The van der Waals surface area contributed by atoms with E-state index in [0.29, 0.717) is 24.5 Å². The number of carbonyl (C=O) groups excluding carboxylic acids is 2. The van der Waals surface area contributed by atoms with Crippen LogP contribution in [0.5, 0.6) is 0 Å². The predicted molar refractivity (Wildman–Crippen MR) is 150 cm³/mol. The zero-order valence-electron chi connectivity index (χ0n) is 22.3. The molecule has 2 N–H and O–H groups in total. The van der Waals surface area contributed by atoms with Gasteiger partial charge in [0.05, 0.1) is 26.4 Å². The summed E-state index contributed by atoms with van der Waals surface area (Å²) in [4.78, 5) is 25.7. The third kappa shape index (κ3) is 8.59. The van der Waals surface area contributed by atoms with Crippen LogP contribution in [0, 0.1) is 12.8 Å². The van der Waals surface area contributed by atoms with E-state index in [0.717, 1.165) is 34.4 Å². The molecule has 0 bridgehead atoms. The number of aliphatic hydroxyl groups is 1. The van der Waals surface area contributed by atoms with E-state index in [1.807, 2.05) is 49.6 Å². The highest BCUT2D eigenvalue weighted by Gasteiger charge is 2.24. The number of hydrogen-bond donors (Lipinski definition) is 2. The predicted octanol–water partition coefficient (Wildman–Crippen LogP) is 5.53. The molecule has 1 aliphatic carbocycles. The number of methoxy groups -OCH3 is 1. The third-order valence-corrected chi connectivity index (χ3v) is 7.82. The van der Waals surface area contributed by atoms with Gasteiger partial charge in [0.1, 0.15) is 6.04 Å². The number of ether oxygens (including phenoxy) is 2. The van der Waals surface area contributed by atoms with Crippen LogP contribution in [0.25, 0.3) is 11.1 Å². The largest absolute Gasteiger partial charge is 0.467 e.